The zero-order chi connectivity index (χ0) is 17.0. The molecular formula is C17H26N2O3S. The van der Waals surface area contributed by atoms with Gasteiger partial charge in [-0.2, -0.15) is 0 Å². The molecule has 0 unspecified atom stereocenters. The van der Waals surface area contributed by atoms with Crippen LogP contribution in [0.15, 0.2) is 29.2 Å². The monoisotopic (exact) mass is 338 g/mol. The van der Waals surface area contributed by atoms with Crippen LogP contribution in [0.5, 0.6) is 0 Å². The second-order valence-corrected chi connectivity index (χ2v) is 8.09. The lowest BCUT2D eigenvalue weighted by molar-refractivity contribution is -0.135. The highest BCUT2D eigenvalue weighted by Crippen LogP contribution is 2.17. The van der Waals surface area contributed by atoms with Crippen molar-refractivity contribution in [2.75, 3.05) is 13.1 Å². The Balaban J connectivity index is 1.95. The van der Waals surface area contributed by atoms with Gasteiger partial charge >= 0.3 is 0 Å². The summed E-state index contributed by atoms with van der Waals surface area (Å²) in [6, 6.07) is 6.88. The van der Waals surface area contributed by atoms with Gasteiger partial charge in [0.2, 0.25) is 15.9 Å². The third-order valence-electron chi connectivity index (χ3n) is 4.26. The molecule has 23 heavy (non-hydrogen) atoms. The molecule has 1 aliphatic heterocycles. The largest absolute Gasteiger partial charge is 0.342 e. The van der Waals surface area contributed by atoms with Gasteiger partial charge in [-0.15, -0.1) is 0 Å². The predicted octanol–water partition coefficient (Wildman–Crippen LogP) is 2.17. The van der Waals surface area contributed by atoms with Crippen LogP contribution in [-0.4, -0.2) is 38.4 Å². The Labute approximate surface area is 139 Å². The van der Waals surface area contributed by atoms with Crippen LogP contribution in [0.25, 0.3) is 0 Å². The van der Waals surface area contributed by atoms with Crippen LogP contribution in [0, 0.1) is 5.92 Å². The molecule has 1 amide bonds. The van der Waals surface area contributed by atoms with Crippen molar-refractivity contribution in [3.8, 4) is 0 Å². The number of rotatable bonds is 5. The summed E-state index contributed by atoms with van der Waals surface area (Å²) in [6.45, 7) is 7.03. The molecule has 1 heterocycles. The molecule has 128 valence electrons. The summed E-state index contributed by atoms with van der Waals surface area (Å²) in [5, 5.41) is 0. The minimum atomic E-state index is -3.49. The number of nitrogens with zero attached hydrogens (tertiary/aromatic N) is 1. The third kappa shape index (κ3) is 4.54. The van der Waals surface area contributed by atoms with Crippen molar-refractivity contribution in [2.24, 2.45) is 5.92 Å². The van der Waals surface area contributed by atoms with Crippen LogP contribution in [-0.2, 0) is 21.2 Å². The maximum atomic E-state index is 12.4. The normalized spacial score (nSPS) is 16.8. The number of aryl methyl sites for hydroxylation is 1. The third-order valence-corrected chi connectivity index (χ3v) is 5.80. The fraction of sp³-hybridized carbons (Fsp3) is 0.588. The molecule has 0 saturated carbocycles. The summed E-state index contributed by atoms with van der Waals surface area (Å²) in [4.78, 5) is 14.1. The maximum absolute atomic E-state index is 12.4. The number of carbonyl (C=O) groups is 1. The van der Waals surface area contributed by atoms with E-state index in [0.29, 0.717) is 30.8 Å². The number of nitrogens with one attached hydrogen (secondary N) is 1. The Morgan fingerprint density at radius 2 is 1.78 bits per heavy atom. The number of amides is 1. The lowest BCUT2D eigenvalue weighted by Gasteiger charge is -2.33. The highest BCUT2D eigenvalue weighted by atomic mass is 32.2. The summed E-state index contributed by atoms with van der Waals surface area (Å²) in [5.41, 5.74) is 1.12. The molecule has 1 aromatic rings. The molecule has 6 heteroatoms. The van der Waals surface area contributed by atoms with Gasteiger partial charge in [0.25, 0.3) is 0 Å². The van der Waals surface area contributed by atoms with Gasteiger partial charge in [0.15, 0.2) is 0 Å². The van der Waals surface area contributed by atoms with Gasteiger partial charge in [-0.1, -0.05) is 32.9 Å². The number of carbonyl (C=O) groups excluding carboxylic acids is 1. The number of hydrogen-bond donors (Lipinski definition) is 1. The van der Waals surface area contributed by atoms with Crippen LogP contribution in [0.2, 0.25) is 0 Å². The smallest absolute Gasteiger partial charge is 0.240 e. The molecule has 0 bridgehead atoms. The zero-order valence-electron chi connectivity index (χ0n) is 14.1. The summed E-state index contributed by atoms with van der Waals surface area (Å²) in [5.74, 6) is 0.127. The van der Waals surface area contributed by atoms with E-state index in [4.69, 9.17) is 0 Å². The fourth-order valence-electron chi connectivity index (χ4n) is 2.77. The quantitative estimate of drug-likeness (QED) is 0.895. The first kappa shape index (κ1) is 17.9. The highest BCUT2D eigenvalue weighted by Gasteiger charge is 2.27. The van der Waals surface area contributed by atoms with Crippen molar-refractivity contribution >= 4 is 15.9 Å². The number of piperidine rings is 1. The molecule has 5 nitrogen and oxygen atoms in total. The molecule has 0 aliphatic carbocycles. The van der Waals surface area contributed by atoms with Crippen molar-refractivity contribution in [3.05, 3.63) is 29.8 Å². The van der Waals surface area contributed by atoms with Crippen molar-refractivity contribution in [3.63, 3.8) is 0 Å². The van der Waals surface area contributed by atoms with Gasteiger partial charge < -0.3 is 4.90 Å². The van der Waals surface area contributed by atoms with Gasteiger partial charge in [0.1, 0.15) is 0 Å². The number of likely N-dealkylation sites (tertiary alicyclic amines) is 1. The van der Waals surface area contributed by atoms with E-state index in [-0.39, 0.29) is 17.9 Å². The van der Waals surface area contributed by atoms with Crippen molar-refractivity contribution in [1.29, 1.82) is 0 Å². The van der Waals surface area contributed by atoms with E-state index in [1.165, 1.54) is 0 Å². The molecule has 1 saturated heterocycles. The molecule has 0 atom stereocenters. The number of benzene rings is 1. The summed E-state index contributed by atoms with van der Waals surface area (Å²) < 4.78 is 27.6. The van der Waals surface area contributed by atoms with Crippen LogP contribution in [0.1, 0.15) is 39.2 Å². The molecule has 1 fully saturated rings. The molecule has 1 aliphatic rings. The van der Waals surface area contributed by atoms with Crippen LogP contribution in [0.3, 0.4) is 0 Å². The number of sulfonamides is 1. The van der Waals surface area contributed by atoms with E-state index in [0.717, 1.165) is 12.0 Å². The van der Waals surface area contributed by atoms with E-state index >= 15 is 0 Å². The first-order valence-corrected chi connectivity index (χ1v) is 9.72. The van der Waals surface area contributed by atoms with Gasteiger partial charge in [-0.25, -0.2) is 13.1 Å². The standard InChI is InChI=1S/C17H26N2O3S/c1-4-14-5-7-16(8-6-14)23(21,22)18-15-9-11-19(12-10-15)17(20)13(2)3/h5-8,13,15,18H,4,9-12H2,1-3H3. The van der Waals surface area contributed by atoms with E-state index in [1.54, 1.807) is 12.1 Å². The molecular weight excluding hydrogens is 312 g/mol. The van der Waals surface area contributed by atoms with Gasteiger partial charge in [-0.05, 0) is 37.0 Å². The Hall–Kier alpha value is -1.40. The van der Waals surface area contributed by atoms with Crippen LogP contribution < -0.4 is 4.72 Å². The summed E-state index contributed by atoms with van der Waals surface area (Å²) >= 11 is 0. The van der Waals surface area contributed by atoms with Crippen LogP contribution >= 0.6 is 0 Å². The minimum absolute atomic E-state index is 0.0136. The first-order valence-electron chi connectivity index (χ1n) is 8.23. The summed E-state index contributed by atoms with van der Waals surface area (Å²) in [7, 11) is -3.49. The second kappa shape index (κ2) is 7.45. The first-order chi connectivity index (χ1) is 10.8. The fourth-order valence-corrected chi connectivity index (χ4v) is 4.08. The number of hydrogen-bond acceptors (Lipinski definition) is 3. The van der Waals surface area contributed by atoms with Crippen molar-refractivity contribution in [2.45, 2.75) is 51.0 Å². The van der Waals surface area contributed by atoms with Crippen molar-refractivity contribution < 1.29 is 13.2 Å². The molecule has 2 rings (SSSR count). The van der Waals surface area contributed by atoms with Gasteiger partial charge in [0, 0.05) is 25.0 Å². The van der Waals surface area contributed by atoms with E-state index in [9.17, 15) is 13.2 Å². The SMILES string of the molecule is CCc1ccc(S(=O)(=O)NC2CCN(C(=O)C(C)C)CC2)cc1. The van der Waals surface area contributed by atoms with E-state index in [2.05, 4.69) is 4.72 Å². The zero-order valence-corrected chi connectivity index (χ0v) is 14.9. The molecule has 0 aromatic heterocycles. The van der Waals surface area contributed by atoms with Gasteiger partial charge in [-0.3, -0.25) is 4.79 Å². The molecule has 1 aromatic carbocycles. The Morgan fingerprint density at radius 1 is 1.22 bits per heavy atom. The lowest BCUT2D eigenvalue weighted by atomic mass is 10.0. The minimum Gasteiger partial charge on any atom is -0.342 e. The Morgan fingerprint density at radius 3 is 2.26 bits per heavy atom. The topological polar surface area (TPSA) is 66.5 Å². The van der Waals surface area contributed by atoms with E-state index < -0.39 is 10.0 Å². The van der Waals surface area contributed by atoms with Crippen molar-refractivity contribution in [1.82, 2.24) is 9.62 Å². The molecule has 0 radical (unpaired) electrons. The molecule has 1 N–H and O–H groups in total. The average Bonchev–Trinajstić information content (AvgIpc) is 2.54. The molecule has 0 spiro atoms. The lowest BCUT2D eigenvalue weighted by Crippen LogP contribution is -2.47. The highest BCUT2D eigenvalue weighted by molar-refractivity contribution is 7.89. The Bertz CT molecular complexity index is 630. The second-order valence-electron chi connectivity index (χ2n) is 6.37. The van der Waals surface area contributed by atoms with Crippen LogP contribution in [0.4, 0.5) is 0 Å². The maximum Gasteiger partial charge on any atom is 0.240 e. The van der Waals surface area contributed by atoms with Gasteiger partial charge in [0.05, 0.1) is 4.90 Å². The predicted molar refractivity (Wildman–Crippen MR) is 90.6 cm³/mol. The average molecular weight is 338 g/mol. The Kier molecular flexibility index (Phi) is 5.81. The summed E-state index contributed by atoms with van der Waals surface area (Å²) in [6.07, 6.45) is 2.20. The van der Waals surface area contributed by atoms with E-state index in [1.807, 2.05) is 37.8 Å².